The Kier molecular flexibility index (Phi) is 8.52. The first-order valence-electron chi connectivity index (χ1n) is 7.31. The van der Waals surface area contributed by atoms with Crippen molar-refractivity contribution >= 4 is 23.2 Å². The van der Waals surface area contributed by atoms with Crippen molar-refractivity contribution in [1.29, 1.82) is 0 Å². The molecule has 0 aliphatic heterocycles. The number of nitrogens with one attached hydrogen (secondary N) is 1. The van der Waals surface area contributed by atoms with Gasteiger partial charge in [0.1, 0.15) is 0 Å². The van der Waals surface area contributed by atoms with Crippen LogP contribution in [0.3, 0.4) is 0 Å². The predicted molar refractivity (Wildman–Crippen MR) is 86.3 cm³/mol. The lowest BCUT2D eigenvalue weighted by Crippen LogP contribution is -2.16. The molecule has 1 N–H and O–H groups in total. The van der Waals surface area contributed by atoms with Crippen molar-refractivity contribution in [2.75, 3.05) is 7.05 Å². The normalized spacial score (nSPS) is 12.6. The van der Waals surface area contributed by atoms with Gasteiger partial charge in [0.2, 0.25) is 0 Å². The van der Waals surface area contributed by atoms with Gasteiger partial charge in [0.05, 0.1) is 10.0 Å². The molecule has 0 heterocycles. The summed E-state index contributed by atoms with van der Waals surface area (Å²) in [4.78, 5) is 0. The van der Waals surface area contributed by atoms with Crippen molar-refractivity contribution in [3.05, 3.63) is 33.8 Å². The zero-order valence-corrected chi connectivity index (χ0v) is 13.5. The molecule has 108 valence electrons. The second-order valence-corrected chi connectivity index (χ2v) is 5.83. The summed E-state index contributed by atoms with van der Waals surface area (Å²) in [7, 11) is 1.99. The maximum absolute atomic E-state index is 6.28. The second kappa shape index (κ2) is 9.63. The lowest BCUT2D eigenvalue weighted by Gasteiger charge is -2.18. The Bertz CT molecular complexity index is 366. The third kappa shape index (κ3) is 5.72. The van der Waals surface area contributed by atoms with Gasteiger partial charge in [0, 0.05) is 6.04 Å². The van der Waals surface area contributed by atoms with E-state index in [-0.39, 0.29) is 0 Å². The monoisotopic (exact) mass is 301 g/mol. The van der Waals surface area contributed by atoms with E-state index in [0.717, 1.165) is 12.0 Å². The first-order valence-corrected chi connectivity index (χ1v) is 8.07. The number of hydrogen-bond acceptors (Lipinski definition) is 1. The van der Waals surface area contributed by atoms with E-state index in [2.05, 4.69) is 18.3 Å². The standard InChI is InChI=1S/C16H25Cl2N/c1-3-4-5-6-7-8-12-15(19-2)13-10-9-11-14(17)16(13)18/h9-11,15,19H,3-8,12H2,1-2H3. The highest BCUT2D eigenvalue weighted by atomic mass is 35.5. The maximum Gasteiger partial charge on any atom is 0.0640 e. The van der Waals surface area contributed by atoms with E-state index in [4.69, 9.17) is 23.2 Å². The molecule has 0 amide bonds. The zero-order chi connectivity index (χ0) is 14.1. The summed E-state index contributed by atoms with van der Waals surface area (Å²) in [6.07, 6.45) is 9.01. The van der Waals surface area contributed by atoms with E-state index in [9.17, 15) is 0 Å². The fourth-order valence-corrected chi connectivity index (χ4v) is 2.81. The number of benzene rings is 1. The first-order chi connectivity index (χ1) is 9.20. The number of halogens is 2. The van der Waals surface area contributed by atoms with Crippen molar-refractivity contribution in [3.8, 4) is 0 Å². The molecular formula is C16H25Cl2N. The quantitative estimate of drug-likeness (QED) is 0.551. The molecule has 1 unspecified atom stereocenters. The molecule has 0 aliphatic carbocycles. The molecule has 0 spiro atoms. The van der Waals surface area contributed by atoms with Crippen LogP contribution < -0.4 is 5.32 Å². The molecule has 0 aromatic heterocycles. The number of rotatable bonds is 9. The van der Waals surface area contributed by atoms with E-state index < -0.39 is 0 Å². The lowest BCUT2D eigenvalue weighted by atomic mass is 9.99. The van der Waals surface area contributed by atoms with Gasteiger partial charge in [0.15, 0.2) is 0 Å². The summed E-state index contributed by atoms with van der Waals surface area (Å²) in [6, 6.07) is 6.17. The molecule has 0 saturated carbocycles. The highest BCUT2D eigenvalue weighted by Gasteiger charge is 2.14. The third-order valence-electron chi connectivity index (χ3n) is 3.55. The van der Waals surface area contributed by atoms with Crippen molar-refractivity contribution < 1.29 is 0 Å². The summed E-state index contributed by atoms with van der Waals surface area (Å²) in [5.74, 6) is 0. The highest BCUT2D eigenvalue weighted by Crippen LogP contribution is 2.32. The Morgan fingerprint density at radius 3 is 2.42 bits per heavy atom. The van der Waals surface area contributed by atoms with Crippen LogP contribution in [0, 0.1) is 0 Å². The minimum absolute atomic E-state index is 0.303. The molecule has 0 saturated heterocycles. The van der Waals surface area contributed by atoms with Crippen LogP contribution in [0.25, 0.3) is 0 Å². The second-order valence-electron chi connectivity index (χ2n) is 5.04. The predicted octanol–water partition coefficient (Wildman–Crippen LogP) is 6.00. The summed E-state index contributed by atoms with van der Waals surface area (Å²) < 4.78 is 0. The molecule has 19 heavy (non-hydrogen) atoms. The molecular weight excluding hydrogens is 277 g/mol. The van der Waals surface area contributed by atoms with Crippen LogP contribution in [0.5, 0.6) is 0 Å². The number of unbranched alkanes of at least 4 members (excludes halogenated alkanes) is 5. The van der Waals surface area contributed by atoms with Gasteiger partial charge in [-0.2, -0.15) is 0 Å². The first kappa shape index (κ1) is 16.8. The van der Waals surface area contributed by atoms with Gasteiger partial charge in [-0.05, 0) is 25.1 Å². The van der Waals surface area contributed by atoms with E-state index in [1.165, 1.54) is 38.5 Å². The average Bonchev–Trinajstić information content (AvgIpc) is 2.42. The summed E-state index contributed by atoms with van der Waals surface area (Å²) in [5, 5.41) is 4.68. The molecule has 0 fully saturated rings. The topological polar surface area (TPSA) is 12.0 Å². The van der Waals surface area contributed by atoms with Crippen molar-refractivity contribution in [2.45, 2.75) is 57.9 Å². The maximum atomic E-state index is 6.28. The van der Waals surface area contributed by atoms with Gasteiger partial charge < -0.3 is 5.32 Å². The van der Waals surface area contributed by atoms with Crippen molar-refractivity contribution in [1.82, 2.24) is 5.32 Å². The van der Waals surface area contributed by atoms with Crippen LogP contribution in [0.1, 0.15) is 63.5 Å². The Hall–Kier alpha value is -0.240. The Morgan fingerprint density at radius 2 is 1.74 bits per heavy atom. The van der Waals surface area contributed by atoms with Crippen LogP contribution in [-0.2, 0) is 0 Å². The average molecular weight is 302 g/mol. The molecule has 0 bridgehead atoms. The van der Waals surface area contributed by atoms with Crippen LogP contribution >= 0.6 is 23.2 Å². The fourth-order valence-electron chi connectivity index (χ4n) is 2.37. The number of hydrogen-bond donors (Lipinski definition) is 1. The van der Waals surface area contributed by atoms with Crippen molar-refractivity contribution in [2.24, 2.45) is 0 Å². The summed E-state index contributed by atoms with van der Waals surface area (Å²) in [6.45, 7) is 2.25. The SMILES string of the molecule is CCCCCCCCC(NC)c1cccc(Cl)c1Cl. The van der Waals surface area contributed by atoms with Gasteiger partial charge >= 0.3 is 0 Å². The largest absolute Gasteiger partial charge is 0.313 e. The van der Waals surface area contributed by atoms with Gasteiger partial charge in [0.25, 0.3) is 0 Å². The van der Waals surface area contributed by atoms with E-state index >= 15 is 0 Å². The van der Waals surface area contributed by atoms with Crippen LogP contribution in [0.4, 0.5) is 0 Å². The van der Waals surface area contributed by atoms with Gasteiger partial charge in [-0.25, -0.2) is 0 Å². The van der Waals surface area contributed by atoms with Gasteiger partial charge in [-0.3, -0.25) is 0 Å². The Morgan fingerprint density at radius 1 is 1.05 bits per heavy atom. The highest BCUT2D eigenvalue weighted by molar-refractivity contribution is 6.42. The van der Waals surface area contributed by atoms with Gasteiger partial charge in [-0.15, -0.1) is 0 Å². The lowest BCUT2D eigenvalue weighted by molar-refractivity contribution is 0.498. The van der Waals surface area contributed by atoms with E-state index in [0.29, 0.717) is 16.1 Å². The smallest absolute Gasteiger partial charge is 0.0640 e. The summed E-state index contributed by atoms with van der Waals surface area (Å²) >= 11 is 12.3. The van der Waals surface area contributed by atoms with Crippen LogP contribution in [-0.4, -0.2) is 7.05 Å². The molecule has 1 aromatic rings. The Balaban J connectivity index is 2.43. The molecule has 1 atom stereocenters. The molecule has 0 radical (unpaired) electrons. The Labute approximate surface area is 127 Å². The van der Waals surface area contributed by atoms with Gasteiger partial charge in [-0.1, -0.05) is 80.8 Å². The third-order valence-corrected chi connectivity index (χ3v) is 4.39. The molecule has 0 aliphatic rings. The van der Waals surface area contributed by atoms with Crippen molar-refractivity contribution in [3.63, 3.8) is 0 Å². The molecule has 1 rings (SSSR count). The molecule has 1 aromatic carbocycles. The minimum Gasteiger partial charge on any atom is -0.313 e. The zero-order valence-electron chi connectivity index (χ0n) is 12.0. The molecule has 1 nitrogen and oxygen atoms in total. The van der Waals surface area contributed by atoms with Crippen LogP contribution in [0.15, 0.2) is 18.2 Å². The minimum atomic E-state index is 0.303. The molecule has 3 heteroatoms. The van der Waals surface area contributed by atoms with E-state index in [1.54, 1.807) is 0 Å². The fraction of sp³-hybridized carbons (Fsp3) is 0.625. The summed E-state index contributed by atoms with van der Waals surface area (Å²) in [5.41, 5.74) is 1.12. The van der Waals surface area contributed by atoms with Crippen LogP contribution in [0.2, 0.25) is 10.0 Å². The van der Waals surface area contributed by atoms with E-state index in [1.807, 2.05) is 19.2 Å².